The summed E-state index contributed by atoms with van der Waals surface area (Å²) < 4.78 is 34.6. The Bertz CT molecular complexity index is 831. The van der Waals surface area contributed by atoms with Crippen LogP contribution in [-0.4, -0.2) is 21.6 Å². The van der Waals surface area contributed by atoms with E-state index < -0.39 is 9.05 Å². The van der Waals surface area contributed by atoms with E-state index in [1.807, 2.05) is 12.1 Å². The minimum Gasteiger partial charge on any atom is -0.460 e. The Balaban J connectivity index is 1.94. The molecule has 1 aliphatic heterocycles. The van der Waals surface area contributed by atoms with Crippen LogP contribution in [0.2, 0.25) is 0 Å². The van der Waals surface area contributed by atoms with E-state index in [2.05, 4.69) is 0 Å². The number of hydrogen-bond acceptors (Lipinski definition) is 4. The second kappa shape index (κ2) is 4.98. The van der Waals surface area contributed by atoms with Crippen LogP contribution >= 0.6 is 10.7 Å². The third-order valence-corrected chi connectivity index (χ3v) is 5.87. The van der Waals surface area contributed by atoms with Crippen molar-refractivity contribution in [1.82, 2.24) is 0 Å². The molecule has 0 radical (unpaired) electrons. The number of rotatable bonds is 2. The molecular weight excluding hydrogens is 324 g/mol. The van der Waals surface area contributed by atoms with Crippen LogP contribution < -0.4 is 0 Å². The average molecular weight is 341 g/mol. The van der Waals surface area contributed by atoms with Crippen LogP contribution in [0, 0.1) is 0 Å². The highest BCUT2D eigenvalue weighted by Gasteiger charge is 2.43. The molecule has 0 amide bonds. The van der Waals surface area contributed by atoms with Crippen LogP contribution in [0.1, 0.15) is 36.1 Å². The van der Waals surface area contributed by atoms with E-state index >= 15 is 0 Å². The van der Waals surface area contributed by atoms with E-state index in [-0.39, 0.29) is 11.2 Å². The van der Waals surface area contributed by atoms with Gasteiger partial charge in [-0.15, -0.1) is 0 Å². The number of aryl methyl sites for hydroxylation is 1. The lowest BCUT2D eigenvalue weighted by molar-refractivity contribution is 0.170. The Labute approximate surface area is 133 Å². The van der Waals surface area contributed by atoms with Gasteiger partial charge in [0.1, 0.15) is 11.3 Å². The van der Waals surface area contributed by atoms with Crippen LogP contribution in [0.5, 0.6) is 0 Å². The summed E-state index contributed by atoms with van der Waals surface area (Å²) in [5.74, 6) is 0.785. The molecule has 4 nitrogen and oxygen atoms in total. The Kier molecular flexibility index (Phi) is 3.29. The normalized spacial score (nSPS) is 25.0. The van der Waals surface area contributed by atoms with Crippen molar-refractivity contribution in [3.8, 4) is 0 Å². The van der Waals surface area contributed by atoms with Gasteiger partial charge in [0, 0.05) is 45.6 Å². The number of halogens is 1. The maximum absolute atomic E-state index is 11.4. The molecular formula is C16H17ClO4S. The molecule has 4 rings (SSSR count). The SMILES string of the molecule is O=S(=O)(Cl)Cc1cccc2c3c(oc12)CCCC31CCOC1. The molecule has 2 heterocycles. The van der Waals surface area contributed by atoms with Crippen molar-refractivity contribution in [2.45, 2.75) is 36.9 Å². The largest absolute Gasteiger partial charge is 0.460 e. The number of fused-ring (bicyclic) bond motifs is 4. The van der Waals surface area contributed by atoms with E-state index in [0.717, 1.165) is 50.0 Å². The predicted molar refractivity (Wildman–Crippen MR) is 84.7 cm³/mol. The van der Waals surface area contributed by atoms with E-state index in [1.165, 1.54) is 5.56 Å². The molecule has 1 unspecified atom stereocenters. The fraction of sp³-hybridized carbons (Fsp3) is 0.500. The van der Waals surface area contributed by atoms with Crippen LogP contribution in [0.25, 0.3) is 11.0 Å². The standard InChI is InChI=1S/C16H17ClO4S/c17-22(18,19)9-11-3-1-4-12-14-13(21-15(11)12)5-2-6-16(14)7-8-20-10-16/h1,3-4H,2,5-10H2. The first kappa shape index (κ1) is 14.5. The maximum atomic E-state index is 11.4. The Morgan fingerprint density at radius 2 is 2.14 bits per heavy atom. The van der Waals surface area contributed by atoms with Crippen LogP contribution in [0.4, 0.5) is 0 Å². The molecule has 6 heteroatoms. The fourth-order valence-corrected chi connectivity index (χ4v) is 4.95. The smallest absolute Gasteiger partial charge is 0.236 e. The van der Waals surface area contributed by atoms with E-state index in [0.29, 0.717) is 11.1 Å². The zero-order valence-corrected chi connectivity index (χ0v) is 13.7. The number of ether oxygens (including phenoxy) is 1. The third-order valence-electron chi connectivity index (χ3n) is 4.89. The summed E-state index contributed by atoms with van der Waals surface area (Å²) in [5.41, 5.74) is 2.58. The quantitative estimate of drug-likeness (QED) is 0.785. The first-order valence-electron chi connectivity index (χ1n) is 7.52. The number of para-hydroxylation sites is 1. The van der Waals surface area contributed by atoms with Crippen molar-refractivity contribution < 1.29 is 17.6 Å². The highest BCUT2D eigenvalue weighted by Crippen LogP contribution is 2.48. The second-order valence-corrected chi connectivity index (χ2v) is 9.09. The molecule has 2 aliphatic rings. The van der Waals surface area contributed by atoms with E-state index in [4.69, 9.17) is 19.8 Å². The molecule has 1 spiro atoms. The van der Waals surface area contributed by atoms with Crippen LogP contribution in [-0.2, 0) is 31.4 Å². The monoisotopic (exact) mass is 340 g/mol. The summed E-state index contributed by atoms with van der Waals surface area (Å²) in [6.45, 7) is 1.51. The first-order chi connectivity index (χ1) is 10.5. The van der Waals surface area contributed by atoms with Gasteiger partial charge in [-0.2, -0.15) is 0 Å². The van der Waals surface area contributed by atoms with Crippen molar-refractivity contribution in [1.29, 1.82) is 0 Å². The van der Waals surface area contributed by atoms with E-state index in [9.17, 15) is 8.42 Å². The van der Waals surface area contributed by atoms with Gasteiger partial charge in [-0.1, -0.05) is 18.2 Å². The van der Waals surface area contributed by atoms with E-state index in [1.54, 1.807) is 6.07 Å². The molecule has 1 fully saturated rings. The first-order valence-corrected chi connectivity index (χ1v) is 10.0. The van der Waals surface area contributed by atoms with Crippen LogP contribution in [0.3, 0.4) is 0 Å². The molecule has 22 heavy (non-hydrogen) atoms. The van der Waals surface area contributed by atoms with Crippen molar-refractivity contribution in [3.63, 3.8) is 0 Å². The lowest BCUT2D eigenvalue weighted by atomic mass is 9.71. The number of furan rings is 1. The average Bonchev–Trinajstić information content (AvgIpc) is 3.03. The fourth-order valence-electron chi connectivity index (χ4n) is 4.00. The summed E-state index contributed by atoms with van der Waals surface area (Å²) >= 11 is 0. The highest BCUT2D eigenvalue weighted by atomic mass is 35.7. The van der Waals surface area contributed by atoms with Gasteiger partial charge in [0.05, 0.1) is 12.4 Å². The zero-order valence-electron chi connectivity index (χ0n) is 12.1. The van der Waals surface area contributed by atoms with Crippen LogP contribution in [0.15, 0.2) is 22.6 Å². The lowest BCUT2D eigenvalue weighted by Gasteiger charge is -2.31. The summed E-state index contributed by atoms with van der Waals surface area (Å²) in [7, 11) is 1.82. The number of benzene rings is 1. The molecule has 0 bridgehead atoms. The molecule has 1 aromatic heterocycles. The zero-order chi connectivity index (χ0) is 15.4. The second-order valence-electron chi connectivity index (χ2n) is 6.31. The number of hydrogen-bond donors (Lipinski definition) is 0. The Morgan fingerprint density at radius 1 is 1.27 bits per heavy atom. The van der Waals surface area contributed by atoms with Gasteiger partial charge in [0.2, 0.25) is 9.05 Å². The minimum atomic E-state index is -3.61. The summed E-state index contributed by atoms with van der Waals surface area (Å²) in [6, 6.07) is 5.68. The Morgan fingerprint density at radius 3 is 2.86 bits per heavy atom. The van der Waals surface area contributed by atoms with Crippen molar-refractivity contribution >= 4 is 30.7 Å². The molecule has 1 aromatic carbocycles. The van der Waals surface area contributed by atoms with Gasteiger partial charge in [-0.3, -0.25) is 0 Å². The summed E-state index contributed by atoms with van der Waals surface area (Å²) in [5, 5.41) is 1.03. The Hall–Kier alpha value is -1.04. The molecule has 0 N–H and O–H groups in total. The molecule has 1 saturated heterocycles. The molecule has 2 aromatic rings. The van der Waals surface area contributed by atoms with Gasteiger partial charge in [-0.25, -0.2) is 8.42 Å². The lowest BCUT2D eigenvalue weighted by Crippen LogP contribution is -2.30. The topological polar surface area (TPSA) is 56.5 Å². The van der Waals surface area contributed by atoms with Crippen molar-refractivity contribution in [2.75, 3.05) is 13.2 Å². The molecule has 1 aliphatic carbocycles. The predicted octanol–water partition coefficient (Wildman–Crippen LogP) is 3.50. The van der Waals surface area contributed by atoms with Gasteiger partial charge < -0.3 is 9.15 Å². The summed E-state index contributed by atoms with van der Waals surface area (Å²) in [6.07, 6.45) is 4.09. The van der Waals surface area contributed by atoms with Gasteiger partial charge in [-0.05, 0) is 19.3 Å². The van der Waals surface area contributed by atoms with Crippen molar-refractivity contribution in [3.05, 3.63) is 35.1 Å². The van der Waals surface area contributed by atoms with Gasteiger partial charge in [0.25, 0.3) is 0 Å². The van der Waals surface area contributed by atoms with Crippen molar-refractivity contribution in [2.24, 2.45) is 0 Å². The third kappa shape index (κ3) is 2.27. The summed E-state index contributed by atoms with van der Waals surface area (Å²) in [4.78, 5) is 0. The highest BCUT2D eigenvalue weighted by molar-refractivity contribution is 8.13. The maximum Gasteiger partial charge on any atom is 0.236 e. The minimum absolute atomic E-state index is 0.0390. The molecule has 118 valence electrons. The molecule has 1 atom stereocenters. The molecule has 0 saturated carbocycles. The van der Waals surface area contributed by atoms with Gasteiger partial charge >= 0.3 is 0 Å². The van der Waals surface area contributed by atoms with Gasteiger partial charge in [0.15, 0.2) is 0 Å².